The highest BCUT2D eigenvalue weighted by atomic mass is 35.5. The highest BCUT2D eigenvalue weighted by molar-refractivity contribution is 6.29. The Morgan fingerprint density at radius 1 is 1.40 bits per heavy atom. The summed E-state index contributed by atoms with van der Waals surface area (Å²) in [6.07, 6.45) is -1.49. The first-order valence-electron chi connectivity index (χ1n) is 5.84. The smallest absolute Gasteiger partial charge is 0.372 e. The van der Waals surface area contributed by atoms with E-state index in [0.717, 1.165) is 5.57 Å². The molecule has 0 unspecified atom stereocenters. The summed E-state index contributed by atoms with van der Waals surface area (Å²) in [4.78, 5) is 15.5. The van der Waals surface area contributed by atoms with Crippen LogP contribution in [0.5, 0.6) is 0 Å². The van der Waals surface area contributed by atoms with Gasteiger partial charge in [-0.05, 0) is 11.6 Å². The molecule has 20 heavy (non-hydrogen) atoms. The van der Waals surface area contributed by atoms with Gasteiger partial charge < -0.3 is 15.5 Å². The van der Waals surface area contributed by atoms with E-state index in [1.54, 1.807) is 17.1 Å². The third-order valence-corrected chi connectivity index (χ3v) is 3.02. The molecular weight excluding hydrogens is 297 g/mol. The van der Waals surface area contributed by atoms with E-state index < -0.39 is 12.1 Å². The van der Waals surface area contributed by atoms with E-state index in [2.05, 4.69) is 15.6 Å². The fourth-order valence-electron chi connectivity index (χ4n) is 1.80. The van der Waals surface area contributed by atoms with Gasteiger partial charge in [0.25, 0.3) is 0 Å². The number of guanidine groups is 1. The van der Waals surface area contributed by atoms with Gasteiger partial charge in [0.15, 0.2) is 0 Å². The van der Waals surface area contributed by atoms with Crippen molar-refractivity contribution in [3.05, 3.63) is 22.9 Å². The number of nitrogens with zero attached hydrogens (tertiary/aromatic N) is 2. The lowest BCUT2D eigenvalue weighted by Crippen LogP contribution is -2.36. The number of hydrogen-bond acceptors (Lipinski definition) is 2. The van der Waals surface area contributed by atoms with Gasteiger partial charge in [-0.1, -0.05) is 17.7 Å². The fraction of sp³-hybridized carbons (Fsp3) is 0.455. The summed E-state index contributed by atoms with van der Waals surface area (Å²) < 4.78 is 36.6. The van der Waals surface area contributed by atoms with Crippen molar-refractivity contribution in [2.75, 3.05) is 26.2 Å². The van der Waals surface area contributed by atoms with Gasteiger partial charge in [0.2, 0.25) is 5.96 Å². The molecule has 9 heteroatoms. The molecule has 1 fully saturated rings. The molecule has 0 spiro atoms. The minimum atomic E-state index is -4.95. The number of alkyl halides is 3. The Morgan fingerprint density at radius 3 is 2.75 bits per heavy atom. The Labute approximate surface area is 118 Å². The van der Waals surface area contributed by atoms with Crippen LogP contribution in [0.25, 0.3) is 0 Å². The predicted molar refractivity (Wildman–Crippen MR) is 68.1 cm³/mol. The summed E-state index contributed by atoms with van der Waals surface area (Å²) >= 11 is 5.73. The number of aliphatic imine (C=N–C) groups is 1. The Bertz CT molecular complexity index is 498. The van der Waals surface area contributed by atoms with Gasteiger partial charge in [-0.25, -0.2) is 0 Å². The molecule has 1 amide bonds. The number of hydrogen-bond donors (Lipinski definition) is 2. The number of amides is 1. The van der Waals surface area contributed by atoms with Gasteiger partial charge in [0, 0.05) is 26.2 Å². The Hall–Kier alpha value is -1.70. The second-order valence-electron chi connectivity index (χ2n) is 4.28. The fourth-order valence-corrected chi connectivity index (χ4v) is 1.93. The van der Waals surface area contributed by atoms with Crippen LogP contribution >= 0.6 is 11.6 Å². The first-order chi connectivity index (χ1) is 9.36. The Kier molecular flexibility index (Phi) is 4.22. The van der Waals surface area contributed by atoms with Crippen LogP contribution < -0.4 is 10.6 Å². The molecule has 0 aliphatic carbocycles. The van der Waals surface area contributed by atoms with Crippen molar-refractivity contribution >= 4 is 23.5 Å². The average Bonchev–Trinajstić information content (AvgIpc) is 2.78. The number of carbonyl (C=O) groups is 1. The molecule has 0 radical (unpaired) electrons. The monoisotopic (exact) mass is 308 g/mol. The quantitative estimate of drug-likeness (QED) is 0.746. The number of halogens is 4. The molecule has 0 saturated carbocycles. The van der Waals surface area contributed by atoms with Crippen molar-refractivity contribution < 1.29 is 18.0 Å². The van der Waals surface area contributed by atoms with E-state index in [1.807, 2.05) is 0 Å². The van der Waals surface area contributed by atoms with E-state index in [4.69, 9.17) is 11.6 Å². The van der Waals surface area contributed by atoms with Crippen LogP contribution in [0.3, 0.4) is 0 Å². The molecule has 5 nitrogen and oxygen atoms in total. The number of dihydropyridines is 1. The predicted octanol–water partition coefficient (Wildman–Crippen LogP) is 0.946. The highest BCUT2D eigenvalue weighted by Crippen LogP contribution is 2.17. The average molecular weight is 309 g/mol. The molecule has 0 atom stereocenters. The maximum Gasteiger partial charge on any atom is 0.473 e. The zero-order valence-electron chi connectivity index (χ0n) is 10.3. The molecular formula is C11H12ClF3N4O. The molecule has 2 aliphatic heterocycles. The zero-order valence-corrected chi connectivity index (χ0v) is 11.1. The molecule has 0 aromatic rings. The summed E-state index contributed by atoms with van der Waals surface area (Å²) in [5.41, 5.74) is 0.935. The molecule has 110 valence electrons. The summed E-state index contributed by atoms with van der Waals surface area (Å²) in [6.45, 7) is 1.82. The number of allylic oxidation sites excluding steroid dienone is 2. The molecule has 0 bridgehead atoms. The lowest BCUT2D eigenvalue weighted by molar-refractivity contribution is -0.169. The van der Waals surface area contributed by atoms with Crippen molar-refractivity contribution in [1.82, 2.24) is 15.5 Å². The normalized spacial score (nSPS) is 21.2. The second-order valence-corrected chi connectivity index (χ2v) is 4.69. The van der Waals surface area contributed by atoms with E-state index >= 15 is 0 Å². The lowest BCUT2D eigenvalue weighted by Gasteiger charge is -2.21. The van der Waals surface area contributed by atoms with Gasteiger partial charge in [-0.3, -0.25) is 4.79 Å². The SMILES string of the molecule is O=C(/N=C1\NCCN1CC1=CC=C(Cl)NC1)C(F)(F)F. The van der Waals surface area contributed by atoms with E-state index in [1.165, 1.54) is 0 Å². The summed E-state index contributed by atoms with van der Waals surface area (Å²) in [7, 11) is 0. The van der Waals surface area contributed by atoms with Gasteiger partial charge in [0.1, 0.15) is 5.16 Å². The molecule has 2 N–H and O–H groups in total. The van der Waals surface area contributed by atoms with Crippen molar-refractivity contribution in [2.45, 2.75) is 6.18 Å². The van der Waals surface area contributed by atoms with Gasteiger partial charge in [-0.15, -0.1) is 0 Å². The molecule has 2 heterocycles. The molecule has 1 saturated heterocycles. The van der Waals surface area contributed by atoms with Crippen LogP contribution in [0.4, 0.5) is 13.2 Å². The second kappa shape index (κ2) is 5.74. The maximum atomic E-state index is 12.2. The Balaban J connectivity index is 2.05. The van der Waals surface area contributed by atoms with Crippen LogP contribution in [-0.4, -0.2) is 49.1 Å². The first-order valence-corrected chi connectivity index (χ1v) is 6.22. The molecule has 2 rings (SSSR count). The van der Waals surface area contributed by atoms with Gasteiger partial charge in [-0.2, -0.15) is 18.2 Å². The topological polar surface area (TPSA) is 56.7 Å². The maximum absolute atomic E-state index is 12.2. The zero-order chi connectivity index (χ0) is 14.8. The summed E-state index contributed by atoms with van der Waals surface area (Å²) in [5.74, 6) is -2.15. The van der Waals surface area contributed by atoms with E-state index in [9.17, 15) is 18.0 Å². The third kappa shape index (κ3) is 3.66. The molecule has 0 aromatic carbocycles. The number of nitrogens with one attached hydrogen (secondary N) is 2. The van der Waals surface area contributed by atoms with E-state index in [-0.39, 0.29) is 5.96 Å². The summed E-state index contributed by atoms with van der Waals surface area (Å²) in [6, 6.07) is 0. The van der Waals surface area contributed by atoms with E-state index in [0.29, 0.717) is 31.3 Å². The number of rotatable bonds is 2. The van der Waals surface area contributed by atoms with Crippen molar-refractivity contribution in [2.24, 2.45) is 4.99 Å². The first kappa shape index (κ1) is 14.7. The molecule has 2 aliphatic rings. The summed E-state index contributed by atoms with van der Waals surface area (Å²) in [5, 5.41) is 6.09. The van der Waals surface area contributed by atoms with Gasteiger partial charge in [0.05, 0.1) is 0 Å². The van der Waals surface area contributed by atoms with Crippen LogP contribution in [0, 0.1) is 0 Å². The van der Waals surface area contributed by atoms with Crippen molar-refractivity contribution in [3.8, 4) is 0 Å². The van der Waals surface area contributed by atoms with Crippen LogP contribution in [0.15, 0.2) is 27.9 Å². The van der Waals surface area contributed by atoms with Crippen molar-refractivity contribution in [1.29, 1.82) is 0 Å². The van der Waals surface area contributed by atoms with Crippen molar-refractivity contribution in [3.63, 3.8) is 0 Å². The largest absolute Gasteiger partial charge is 0.473 e. The highest BCUT2D eigenvalue weighted by Gasteiger charge is 2.39. The standard InChI is InChI=1S/C11H12ClF3N4O/c12-8-2-1-7(5-17-8)6-19-4-3-16-10(19)18-9(20)11(13,14)15/h1-2,17H,3-6H2,(H,16,18,20). The number of carbonyl (C=O) groups excluding carboxylic acids is 1. The Morgan fingerprint density at radius 2 is 2.15 bits per heavy atom. The molecule has 0 aromatic heterocycles. The minimum absolute atomic E-state index is 0.0473. The van der Waals surface area contributed by atoms with Crippen LogP contribution in [-0.2, 0) is 4.79 Å². The van der Waals surface area contributed by atoms with Gasteiger partial charge >= 0.3 is 12.1 Å². The van der Waals surface area contributed by atoms with Crippen LogP contribution in [0.2, 0.25) is 0 Å². The third-order valence-electron chi connectivity index (χ3n) is 2.76. The van der Waals surface area contributed by atoms with Crippen LogP contribution in [0.1, 0.15) is 0 Å². The lowest BCUT2D eigenvalue weighted by atomic mass is 10.2. The minimum Gasteiger partial charge on any atom is -0.372 e.